The van der Waals surface area contributed by atoms with Crippen molar-refractivity contribution in [2.24, 2.45) is 5.41 Å². The second-order valence-electron chi connectivity index (χ2n) is 6.03. The van der Waals surface area contributed by atoms with Crippen LogP contribution in [0.15, 0.2) is 0 Å². The maximum atomic E-state index is 11.9. The normalized spacial score (nSPS) is 16.8. The smallest absolute Gasteiger partial charge is 0.311 e. The average molecular weight is 292 g/mol. The molecule has 0 aromatic heterocycles. The molecule has 0 spiro atoms. The second-order valence-corrected chi connectivity index (χ2v) is 6.03. The van der Waals surface area contributed by atoms with Crippen molar-refractivity contribution in [3.63, 3.8) is 0 Å². The average Bonchev–Trinajstić information content (AvgIpc) is 2.35. The summed E-state index contributed by atoms with van der Waals surface area (Å²) in [5.41, 5.74) is -0.320. The van der Waals surface area contributed by atoms with Gasteiger partial charge in [-0.3, -0.25) is 4.79 Å². The number of carbonyl (C=O) groups excluding carboxylic acids is 1. The Morgan fingerprint density at radius 3 is 2.42 bits per heavy atom. The molecule has 0 radical (unpaired) electrons. The minimum atomic E-state index is -0.320. The van der Waals surface area contributed by atoms with E-state index in [0.717, 1.165) is 25.8 Å². The van der Waals surface area contributed by atoms with Gasteiger partial charge >= 0.3 is 5.97 Å². The summed E-state index contributed by atoms with van der Waals surface area (Å²) < 4.78 is 5.38. The van der Waals surface area contributed by atoms with Gasteiger partial charge in [0.05, 0.1) is 12.0 Å². The van der Waals surface area contributed by atoms with Crippen LogP contribution in [-0.2, 0) is 9.53 Å². The number of carbonyl (C=O) groups is 1. The molecule has 0 aliphatic carbocycles. The SMILES string of the molecule is CCCC(C)(C)C(=O)OCCCN1CCCCC1.Cl. The highest BCUT2D eigenvalue weighted by molar-refractivity contribution is 5.85. The van der Waals surface area contributed by atoms with E-state index in [1.165, 1.54) is 32.4 Å². The van der Waals surface area contributed by atoms with Crippen molar-refractivity contribution in [2.45, 2.75) is 59.3 Å². The lowest BCUT2D eigenvalue weighted by atomic mass is 9.88. The number of esters is 1. The third-order valence-electron chi connectivity index (χ3n) is 3.73. The highest BCUT2D eigenvalue weighted by Crippen LogP contribution is 2.23. The fourth-order valence-corrected chi connectivity index (χ4v) is 2.56. The van der Waals surface area contributed by atoms with Gasteiger partial charge in [0.15, 0.2) is 0 Å². The van der Waals surface area contributed by atoms with Crippen molar-refractivity contribution in [1.82, 2.24) is 4.90 Å². The highest BCUT2D eigenvalue weighted by Gasteiger charge is 2.27. The van der Waals surface area contributed by atoms with Gasteiger partial charge in [-0.05, 0) is 52.6 Å². The maximum absolute atomic E-state index is 11.9. The Morgan fingerprint density at radius 1 is 1.21 bits per heavy atom. The van der Waals surface area contributed by atoms with Crippen molar-refractivity contribution in [3.8, 4) is 0 Å². The molecule has 1 saturated heterocycles. The number of hydrogen-bond donors (Lipinski definition) is 0. The molecule has 0 atom stereocenters. The first-order valence-electron chi connectivity index (χ1n) is 7.46. The second kappa shape index (κ2) is 9.60. The number of ether oxygens (including phenoxy) is 1. The summed E-state index contributed by atoms with van der Waals surface area (Å²) in [5.74, 6) is -0.0389. The Bertz CT molecular complexity index is 251. The van der Waals surface area contributed by atoms with Crippen LogP contribution >= 0.6 is 12.4 Å². The number of halogens is 1. The van der Waals surface area contributed by atoms with Crippen LogP contribution in [0.2, 0.25) is 0 Å². The molecule has 0 amide bonds. The van der Waals surface area contributed by atoms with E-state index in [4.69, 9.17) is 4.74 Å². The zero-order valence-electron chi connectivity index (χ0n) is 12.7. The fraction of sp³-hybridized carbons (Fsp3) is 0.933. The van der Waals surface area contributed by atoms with E-state index in [9.17, 15) is 4.79 Å². The Kier molecular flexibility index (Phi) is 9.46. The largest absolute Gasteiger partial charge is 0.465 e. The van der Waals surface area contributed by atoms with Gasteiger partial charge in [-0.2, -0.15) is 0 Å². The maximum Gasteiger partial charge on any atom is 0.311 e. The van der Waals surface area contributed by atoms with Gasteiger partial charge < -0.3 is 9.64 Å². The molecule has 114 valence electrons. The van der Waals surface area contributed by atoms with E-state index in [2.05, 4.69) is 11.8 Å². The van der Waals surface area contributed by atoms with E-state index < -0.39 is 0 Å². The summed E-state index contributed by atoms with van der Waals surface area (Å²) >= 11 is 0. The molecular formula is C15H30ClNO2. The number of nitrogens with zero attached hydrogens (tertiary/aromatic N) is 1. The lowest BCUT2D eigenvalue weighted by Gasteiger charge is -2.26. The summed E-state index contributed by atoms with van der Waals surface area (Å²) in [7, 11) is 0. The first-order valence-corrected chi connectivity index (χ1v) is 7.46. The Labute approximate surface area is 124 Å². The summed E-state index contributed by atoms with van der Waals surface area (Å²) in [6.45, 7) is 10.1. The summed E-state index contributed by atoms with van der Waals surface area (Å²) in [4.78, 5) is 14.4. The molecule has 0 aromatic carbocycles. The molecule has 3 nitrogen and oxygen atoms in total. The number of likely N-dealkylation sites (tertiary alicyclic amines) is 1. The highest BCUT2D eigenvalue weighted by atomic mass is 35.5. The van der Waals surface area contributed by atoms with E-state index in [-0.39, 0.29) is 23.8 Å². The van der Waals surface area contributed by atoms with E-state index in [1.54, 1.807) is 0 Å². The zero-order chi connectivity index (χ0) is 13.4. The molecule has 0 N–H and O–H groups in total. The molecular weight excluding hydrogens is 262 g/mol. The van der Waals surface area contributed by atoms with E-state index in [1.807, 2.05) is 13.8 Å². The Hall–Kier alpha value is -0.280. The van der Waals surface area contributed by atoms with Gasteiger partial charge in [0.1, 0.15) is 0 Å². The van der Waals surface area contributed by atoms with Crippen LogP contribution < -0.4 is 0 Å². The van der Waals surface area contributed by atoms with Crippen LogP contribution in [0.25, 0.3) is 0 Å². The first kappa shape index (κ1) is 18.7. The van der Waals surface area contributed by atoms with Crippen LogP contribution in [0, 0.1) is 5.41 Å². The Balaban J connectivity index is 0.00000324. The molecule has 1 rings (SSSR count). The van der Waals surface area contributed by atoms with Crippen molar-refractivity contribution >= 4 is 18.4 Å². The van der Waals surface area contributed by atoms with Crippen LogP contribution in [0.1, 0.15) is 59.3 Å². The standard InChI is InChI=1S/C15H29NO2.ClH/c1-4-9-15(2,3)14(17)18-13-8-12-16-10-6-5-7-11-16;/h4-13H2,1-3H3;1H. The Morgan fingerprint density at radius 2 is 1.84 bits per heavy atom. The third kappa shape index (κ3) is 7.17. The van der Waals surface area contributed by atoms with E-state index in [0.29, 0.717) is 6.61 Å². The number of rotatable bonds is 7. The quantitative estimate of drug-likeness (QED) is 0.530. The molecule has 0 aromatic rings. The van der Waals surface area contributed by atoms with Gasteiger partial charge in [0, 0.05) is 6.54 Å². The lowest BCUT2D eigenvalue weighted by molar-refractivity contribution is -0.154. The summed E-state index contributed by atoms with van der Waals surface area (Å²) in [6.07, 6.45) is 6.91. The van der Waals surface area contributed by atoms with Gasteiger partial charge in [0.2, 0.25) is 0 Å². The number of piperidine rings is 1. The van der Waals surface area contributed by atoms with Gasteiger partial charge in [-0.1, -0.05) is 19.8 Å². The molecule has 19 heavy (non-hydrogen) atoms. The topological polar surface area (TPSA) is 29.5 Å². The summed E-state index contributed by atoms with van der Waals surface area (Å²) in [5, 5.41) is 0. The molecule has 4 heteroatoms. The minimum Gasteiger partial charge on any atom is -0.465 e. The van der Waals surface area contributed by atoms with Crippen LogP contribution in [0.5, 0.6) is 0 Å². The lowest BCUT2D eigenvalue weighted by Crippen LogP contribution is -2.32. The van der Waals surface area contributed by atoms with Crippen molar-refractivity contribution < 1.29 is 9.53 Å². The van der Waals surface area contributed by atoms with Crippen LogP contribution in [0.3, 0.4) is 0 Å². The molecule has 1 fully saturated rings. The first-order chi connectivity index (χ1) is 8.56. The van der Waals surface area contributed by atoms with Crippen LogP contribution in [0.4, 0.5) is 0 Å². The molecule has 1 aliphatic rings. The summed E-state index contributed by atoms with van der Waals surface area (Å²) in [6, 6.07) is 0. The molecule has 0 unspecified atom stereocenters. The zero-order valence-corrected chi connectivity index (χ0v) is 13.6. The van der Waals surface area contributed by atoms with Crippen molar-refractivity contribution in [1.29, 1.82) is 0 Å². The third-order valence-corrected chi connectivity index (χ3v) is 3.73. The fourth-order valence-electron chi connectivity index (χ4n) is 2.56. The van der Waals surface area contributed by atoms with Gasteiger partial charge in [0.25, 0.3) is 0 Å². The van der Waals surface area contributed by atoms with Gasteiger partial charge in [-0.25, -0.2) is 0 Å². The minimum absolute atomic E-state index is 0. The van der Waals surface area contributed by atoms with E-state index >= 15 is 0 Å². The van der Waals surface area contributed by atoms with Crippen molar-refractivity contribution in [3.05, 3.63) is 0 Å². The predicted octanol–water partition coefficient (Wildman–Crippen LogP) is 3.65. The van der Waals surface area contributed by atoms with Crippen molar-refractivity contribution in [2.75, 3.05) is 26.2 Å². The molecule has 0 saturated carbocycles. The predicted molar refractivity (Wildman–Crippen MR) is 81.8 cm³/mol. The monoisotopic (exact) mass is 291 g/mol. The van der Waals surface area contributed by atoms with Crippen LogP contribution in [-0.4, -0.2) is 37.1 Å². The molecule has 1 heterocycles. The molecule has 0 bridgehead atoms. The van der Waals surface area contributed by atoms with Gasteiger partial charge in [-0.15, -0.1) is 12.4 Å². The number of hydrogen-bond acceptors (Lipinski definition) is 3. The molecule has 1 aliphatic heterocycles.